The van der Waals surface area contributed by atoms with E-state index in [1.54, 1.807) is 22.9 Å². The maximum Gasteiger partial charge on any atom is 0.267 e. The standard InChI is InChI=1S/C27H33N7O5S/c1-17-7-5-8-18(2)25(17)22-13-24(30-27(29-22)31-40(37,38)21-14-28-32(4)16-21)39-20-10-12-33(15-20)26(36)23-9-6-11-34(23)19(3)35/h5,7-8,13-14,16,20,23H,6,9-12,15H2,1-4H3,(H,29,30,31)/t20?,23-/m1/s1. The number of rotatable bonds is 7. The van der Waals surface area contributed by atoms with Crippen molar-refractivity contribution in [2.45, 2.75) is 57.1 Å². The summed E-state index contributed by atoms with van der Waals surface area (Å²) in [6.07, 6.45) is 4.33. The Kier molecular flexibility index (Phi) is 7.49. The Balaban J connectivity index is 1.40. The number of anilines is 1. The second-order valence-electron chi connectivity index (χ2n) is 10.3. The van der Waals surface area contributed by atoms with E-state index in [1.807, 2.05) is 32.0 Å². The molecule has 2 aliphatic rings. The molecular weight excluding hydrogens is 534 g/mol. The van der Waals surface area contributed by atoms with Crippen molar-refractivity contribution >= 4 is 27.8 Å². The van der Waals surface area contributed by atoms with Gasteiger partial charge in [0.15, 0.2) is 0 Å². The van der Waals surface area contributed by atoms with Crippen molar-refractivity contribution < 1.29 is 22.7 Å². The highest BCUT2D eigenvalue weighted by atomic mass is 32.2. The zero-order valence-electron chi connectivity index (χ0n) is 23.0. The van der Waals surface area contributed by atoms with Gasteiger partial charge in [-0.3, -0.25) is 14.3 Å². The lowest BCUT2D eigenvalue weighted by atomic mass is 10.00. The zero-order chi connectivity index (χ0) is 28.6. The summed E-state index contributed by atoms with van der Waals surface area (Å²) in [6, 6.07) is 7.12. The van der Waals surface area contributed by atoms with E-state index in [9.17, 15) is 18.0 Å². The summed E-state index contributed by atoms with van der Waals surface area (Å²) >= 11 is 0. The minimum Gasteiger partial charge on any atom is -0.472 e. The third-order valence-corrected chi connectivity index (χ3v) is 8.63. The van der Waals surface area contributed by atoms with Crippen LogP contribution in [-0.4, -0.2) is 81.6 Å². The first-order chi connectivity index (χ1) is 19.0. The predicted octanol–water partition coefficient (Wildman–Crippen LogP) is 2.29. The van der Waals surface area contributed by atoms with E-state index in [0.717, 1.165) is 23.1 Å². The number of hydrogen-bond donors (Lipinski definition) is 1. The van der Waals surface area contributed by atoms with Crippen LogP contribution in [0.3, 0.4) is 0 Å². The van der Waals surface area contributed by atoms with Crippen LogP contribution in [-0.2, 0) is 26.7 Å². The Morgan fingerprint density at radius 2 is 1.85 bits per heavy atom. The van der Waals surface area contributed by atoms with Crippen LogP contribution in [0.1, 0.15) is 37.3 Å². The lowest BCUT2D eigenvalue weighted by Crippen LogP contribution is -2.46. The molecule has 0 bridgehead atoms. The van der Waals surface area contributed by atoms with Gasteiger partial charge in [0.05, 0.1) is 18.4 Å². The second kappa shape index (κ2) is 10.9. The van der Waals surface area contributed by atoms with E-state index in [-0.39, 0.29) is 34.6 Å². The van der Waals surface area contributed by atoms with Gasteiger partial charge in [-0.2, -0.15) is 10.1 Å². The molecule has 40 heavy (non-hydrogen) atoms. The molecular formula is C27H33N7O5S. The van der Waals surface area contributed by atoms with E-state index in [4.69, 9.17) is 4.74 Å². The summed E-state index contributed by atoms with van der Waals surface area (Å²) in [7, 11) is -2.37. The number of nitrogens with zero attached hydrogens (tertiary/aromatic N) is 6. The number of aryl methyl sites for hydroxylation is 3. The van der Waals surface area contributed by atoms with Crippen LogP contribution in [0.25, 0.3) is 11.3 Å². The molecule has 1 N–H and O–H groups in total. The molecule has 2 amide bonds. The van der Waals surface area contributed by atoms with Crippen molar-refractivity contribution in [3.05, 3.63) is 47.8 Å². The van der Waals surface area contributed by atoms with Crippen LogP contribution in [0.4, 0.5) is 5.95 Å². The molecule has 0 aliphatic carbocycles. The van der Waals surface area contributed by atoms with Gasteiger partial charge in [-0.05, 0) is 37.8 Å². The lowest BCUT2D eigenvalue weighted by molar-refractivity contribution is -0.142. The largest absolute Gasteiger partial charge is 0.472 e. The van der Waals surface area contributed by atoms with Crippen molar-refractivity contribution in [1.82, 2.24) is 29.5 Å². The highest BCUT2D eigenvalue weighted by Crippen LogP contribution is 2.30. The molecule has 2 saturated heterocycles. The van der Waals surface area contributed by atoms with Crippen LogP contribution in [0.2, 0.25) is 0 Å². The molecule has 12 nitrogen and oxygen atoms in total. The molecule has 212 valence electrons. The highest BCUT2D eigenvalue weighted by Gasteiger charge is 2.38. The number of amides is 2. The van der Waals surface area contributed by atoms with Gasteiger partial charge in [-0.25, -0.2) is 18.1 Å². The fourth-order valence-electron chi connectivity index (χ4n) is 5.40. The first kappa shape index (κ1) is 27.6. The summed E-state index contributed by atoms with van der Waals surface area (Å²) in [5, 5.41) is 3.94. The normalized spacial score (nSPS) is 19.2. The SMILES string of the molecule is CC(=O)N1CCC[C@@H]1C(=O)N1CCC(Oc2cc(-c3c(C)cccc3C)nc(NS(=O)(=O)c3cnn(C)c3)n2)C1. The monoisotopic (exact) mass is 567 g/mol. The summed E-state index contributed by atoms with van der Waals surface area (Å²) in [5.41, 5.74) is 3.30. The molecule has 2 fully saturated rings. The first-order valence-corrected chi connectivity index (χ1v) is 14.7. The molecule has 2 aliphatic heterocycles. The van der Waals surface area contributed by atoms with Crippen LogP contribution in [0.5, 0.6) is 5.88 Å². The number of hydrogen-bond acceptors (Lipinski definition) is 8. The number of carbonyl (C=O) groups excluding carboxylic acids is 2. The highest BCUT2D eigenvalue weighted by molar-refractivity contribution is 7.92. The Labute approximate surface area is 233 Å². The lowest BCUT2D eigenvalue weighted by Gasteiger charge is -2.27. The van der Waals surface area contributed by atoms with Gasteiger partial charge in [0, 0.05) is 51.3 Å². The van der Waals surface area contributed by atoms with Crippen LogP contribution < -0.4 is 9.46 Å². The molecule has 5 rings (SSSR count). The first-order valence-electron chi connectivity index (χ1n) is 13.2. The fraction of sp³-hybridized carbons (Fsp3) is 0.444. The van der Waals surface area contributed by atoms with Crippen molar-refractivity contribution in [2.24, 2.45) is 7.05 Å². The van der Waals surface area contributed by atoms with E-state index >= 15 is 0 Å². The van der Waals surface area contributed by atoms with Gasteiger partial charge >= 0.3 is 0 Å². The van der Waals surface area contributed by atoms with Gasteiger partial charge in [0.1, 0.15) is 17.0 Å². The third-order valence-electron chi connectivity index (χ3n) is 7.34. The van der Waals surface area contributed by atoms with Crippen LogP contribution in [0.15, 0.2) is 41.6 Å². The van der Waals surface area contributed by atoms with Gasteiger partial charge in [0.25, 0.3) is 10.0 Å². The Morgan fingerprint density at radius 3 is 2.52 bits per heavy atom. The van der Waals surface area contributed by atoms with Crippen molar-refractivity contribution in [2.75, 3.05) is 24.4 Å². The summed E-state index contributed by atoms with van der Waals surface area (Å²) in [6.45, 7) is 6.85. The number of likely N-dealkylation sites (tertiary alicyclic amines) is 2. The van der Waals surface area contributed by atoms with Crippen molar-refractivity contribution in [3.63, 3.8) is 0 Å². The fourth-order valence-corrected chi connectivity index (χ4v) is 6.33. The van der Waals surface area contributed by atoms with Crippen molar-refractivity contribution in [1.29, 1.82) is 0 Å². The third kappa shape index (κ3) is 5.64. The van der Waals surface area contributed by atoms with Crippen molar-refractivity contribution in [3.8, 4) is 17.1 Å². The average Bonchev–Trinajstić information content (AvgIpc) is 3.64. The average molecular weight is 568 g/mol. The Hall–Kier alpha value is -4.00. The van der Waals surface area contributed by atoms with E-state index in [2.05, 4.69) is 19.8 Å². The molecule has 4 heterocycles. The Morgan fingerprint density at radius 1 is 1.10 bits per heavy atom. The number of nitrogens with one attached hydrogen (secondary N) is 1. The van der Waals surface area contributed by atoms with Gasteiger partial charge < -0.3 is 14.5 Å². The minimum absolute atomic E-state index is 0.0185. The quantitative estimate of drug-likeness (QED) is 0.459. The number of aromatic nitrogens is 4. The number of ether oxygens (including phenoxy) is 1. The van der Waals surface area contributed by atoms with Gasteiger partial charge in [-0.1, -0.05) is 18.2 Å². The molecule has 13 heteroatoms. The summed E-state index contributed by atoms with van der Waals surface area (Å²) in [5.74, 6) is -0.0955. The molecule has 2 aromatic heterocycles. The molecule has 1 unspecified atom stereocenters. The molecule has 1 aromatic carbocycles. The summed E-state index contributed by atoms with van der Waals surface area (Å²) in [4.78, 5) is 37.4. The molecule has 0 spiro atoms. The van der Waals surface area contributed by atoms with E-state index in [1.165, 1.54) is 24.0 Å². The number of carbonyl (C=O) groups is 2. The van der Waals surface area contributed by atoms with Crippen LogP contribution in [0, 0.1) is 13.8 Å². The molecule has 0 radical (unpaired) electrons. The van der Waals surface area contributed by atoms with Gasteiger partial charge in [0.2, 0.25) is 23.6 Å². The van der Waals surface area contributed by atoms with Gasteiger partial charge in [-0.15, -0.1) is 0 Å². The number of benzene rings is 1. The van der Waals surface area contributed by atoms with E-state index < -0.39 is 16.1 Å². The molecule has 2 atom stereocenters. The summed E-state index contributed by atoms with van der Waals surface area (Å²) < 4.78 is 36.1. The number of sulfonamides is 1. The van der Waals surface area contributed by atoms with Crippen LogP contribution >= 0.6 is 0 Å². The molecule has 0 saturated carbocycles. The second-order valence-corrected chi connectivity index (χ2v) is 12.0. The smallest absolute Gasteiger partial charge is 0.267 e. The maximum absolute atomic E-state index is 13.2. The predicted molar refractivity (Wildman–Crippen MR) is 147 cm³/mol. The Bertz CT molecular complexity index is 1530. The van der Waals surface area contributed by atoms with E-state index in [0.29, 0.717) is 38.2 Å². The zero-order valence-corrected chi connectivity index (χ0v) is 23.8. The topological polar surface area (TPSA) is 140 Å². The molecule has 3 aromatic rings. The maximum atomic E-state index is 13.2. The minimum atomic E-state index is -4.00.